The van der Waals surface area contributed by atoms with Crippen LogP contribution in [0.4, 0.5) is 5.82 Å². The van der Waals surface area contributed by atoms with Crippen LogP contribution in [-0.4, -0.2) is 29.5 Å². The average Bonchev–Trinajstić information content (AvgIpc) is 3.04. The third-order valence-electron chi connectivity index (χ3n) is 3.49. The first-order valence-electron chi connectivity index (χ1n) is 6.43. The lowest BCUT2D eigenvalue weighted by molar-refractivity contribution is -0.122. The summed E-state index contributed by atoms with van der Waals surface area (Å²) < 4.78 is 0. The summed E-state index contributed by atoms with van der Waals surface area (Å²) in [7, 11) is 0. The fraction of sp³-hybridized carbons (Fsp3) is 0.538. The molecule has 1 N–H and O–H groups in total. The van der Waals surface area contributed by atoms with Crippen molar-refractivity contribution < 1.29 is 4.79 Å². The average molecular weight is 266 g/mol. The second-order valence-corrected chi connectivity index (χ2v) is 5.35. The van der Waals surface area contributed by atoms with Gasteiger partial charge in [0.15, 0.2) is 0 Å². The number of rotatable bonds is 3. The molecule has 0 radical (unpaired) electrons. The predicted octanol–water partition coefficient (Wildman–Crippen LogP) is 1.98. The molecule has 96 valence electrons. The Morgan fingerprint density at radius 1 is 1.44 bits per heavy atom. The van der Waals surface area contributed by atoms with Crippen LogP contribution in [0.5, 0.6) is 0 Å². The molecule has 0 aromatic carbocycles. The minimum absolute atomic E-state index is 0.113. The van der Waals surface area contributed by atoms with Crippen molar-refractivity contribution in [3.05, 3.63) is 23.4 Å². The maximum atomic E-state index is 12.2. The maximum absolute atomic E-state index is 12.2. The zero-order valence-corrected chi connectivity index (χ0v) is 10.9. The van der Waals surface area contributed by atoms with Gasteiger partial charge in [-0.3, -0.25) is 4.79 Å². The van der Waals surface area contributed by atoms with E-state index in [1.165, 1.54) is 0 Å². The zero-order valence-electron chi connectivity index (χ0n) is 10.1. The monoisotopic (exact) mass is 265 g/mol. The van der Waals surface area contributed by atoms with Crippen LogP contribution in [0.15, 0.2) is 18.3 Å². The smallest absolute Gasteiger partial charge is 0.242 e. The van der Waals surface area contributed by atoms with Gasteiger partial charge in [-0.25, -0.2) is 4.98 Å². The Morgan fingerprint density at radius 3 is 3.00 bits per heavy atom. The normalized spacial score (nSPS) is 23.2. The van der Waals surface area contributed by atoms with Crippen LogP contribution in [0, 0.1) is 0 Å². The molecule has 1 atom stereocenters. The van der Waals surface area contributed by atoms with E-state index in [1.807, 2.05) is 11.0 Å². The summed E-state index contributed by atoms with van der Waals surface area (Å²) in [5.41, 5.74) is 0. The number of anilines is 1. The first kappa shape index (κ1) is 11.8. The van der Waals surface area contributed by atoms with Gasteiger partial charge in [-0.15, -0.1) is 0 Å². The fourth-order valence-corrected chi connectivity index (χ4v) is 2.64. The molecule has 4 nitrogen and oxygen atoms in total. The van der Waals surface area contributed by atoms with Gasteiger partial charge in [-0.1, -0.05) is 11.6 Å². The Morgan fingerprint density at radius 2 is 2.28 bits per heavy atom. The highest BCUT2D eigenvalue weighted by Gasteiger charge is 2.35. The second kappa shape index (κ2) is 4.76. The highest BCUT2D eigenvalue weighted by molar-refractivity contribution is 6.33. The summed E-state index contributed by atoms with van der Waals surface area (Å²) in [5.74, 6) is 0.851. The first-order chi connectivity index (χ1) is 8.75. The number of nitrogens with zero attached hydrogens (tertiary/aromatic N) is 2. The van der Waals surface area contributed by atoms with Crippen LogP contribution in [0.1, 0.15) is 25.7 Å². The standard InChI is InChI=1S/C13H16ClN3O/c14-10-3-1-7-15-12(10)17-8-2-4-11(17)13(18)16-9-5-6-9/h1,3,7,9,11H,2,4-6,8H2,(H,16,18). The number of nitrogens with one attached hydrogen (secondary N) is 1. The van der Waals surface area contributed by atoms with Crippen molar-refractivity contribution >= 4 is 23.3 Å². The van der Waals surface area contributed by atoms with E-state index in [2.05, 4.69) is 10.3 Å². The number of hydrogen-bond acceptors (Lipinski definition) is 3. The molecular weight excluding hydrogens is 250 g/mol. The van der Waals surface area contributed by atoms with E-state index >= 15 is 0 Å². The van der Waals surface area contributed by atoms with Gasteiger partial charge in [0.05, 0.1) is 5.02 Å². The molecule has 3 rings (SSSR count). The minimum atomic E-state index is -0.113. The van der Waals surface area contributed by atoms with Gasteiger partial charge >= 0.3 is 0 Å². The number of halogens is 1. The van der Waals surface area contributed by atoms with Crippen LogP contribution in [0.25, 0.3) is 0 Å². The van der Waals surface area contributed by atoms with E-state index in [0.717, 1.165) is 38.0 Å². The van der Waals surface area contributed by atoms with Gasteiger partial charge in [0.1, 0.15) is 11.9 Å². The lowest BCUT2D eigenvalue weighted by Gasteiger charge is -2.25. The Balaban J connectivity index is 1.78. The first-order valence-corrected chi connectivity index (χ1v) is 6.81. The Kier molecular flexibility index (Phi) is 3.12. The van der Waals surface area contributed by atoms with Gasteiger partial charge in [0, 0.05) is 18.8 Å². The molecule has 0 bridgehead atoms. The third kappa shape index (κ3) is 2.29. The Bertz CT molecular complexity index is 461. The lowest BCUT2D eigenvalue weighted by Crippen LogP contribution is -2.44. The summed E-state index contributed by atoms with van der Waals surface area (Å²) >= 11 is 6.16. The van der Waals surface area contributed by atoms with Crippen LogP contribution < -0.4 is 10.2 Å². The molecule has 2 fully saturated rings. The number of hydrogen-bond donors (Lipinski definition) is 1. The second-order valence-electron chi connectivity index (χ2n) is 4.94. The molecule has 2 aliphatic rings. The summed E-state index contributed by atoms with van der Waals surface area (Å²) in [5, 5.41) is 3.68. The minimum Gasteiger partial charge on any atom is -0.352 e. The molecule has 1 aromatic rings. The SMILES string of the molecule is O=C(NC1CC1)C1CCCN1c1ncccc1Cl. The van der Waals surface area contributed by atoms with Gasteiger partial charge in [0.25, 0.3) is 0 Å². The van der Waals surface area contributed by atoms with Crippen molar-refractivity contribution in [2.75, 3.05) is 11.4 Å². The summed E-state index contributed by atoms with van der Waals surface area (Å²) in [4.78, 5) is 18.5. The van der Waals surface area contributed by atoms with Crippen LogP contribution >= 0.6 is 11.6 Å². The van der Waals surface area contributed by atoms with Crippen LogP contribution in [-0.2, 0) is 4.79 Å². The maximum Gasteiger partial charge on any atom is 0.242 e. The van der Waals surface area contributed by atoms with Gasteiger partial charge in [0.2, 0.25) is 5.91 Å². The van der Waals surface area contributed by atoms with Crippen molar-refractivity contribution in [3.8, 4) is 0 Å². The van der Waals surface area contributed by atoms with Crippen molar-refractivity contribution in [1.82, 2.24) is 10.3 Å². The molecule has 5 heteroatoms. The van der Waals surface area contributed by atoms with Crippen molar-refractivity contribution in [2.45, 2.75) is 37.8 Å². The predicted molar refractivity (Wildman–Crippen MR) is 70.8 cm³/mol. The largest absolute Gasteiger partial charge is 0.352 e. The van der Waals surface area contributed by atoms with E-state index in [0.29, 0.717) is 11.1 Å². The summed E-state index contributed by atoms with van der Waals surface area (Å²) in [6.45, 7) is 0.847. The molecule has 0 spiro atoms. The van der Waals surface area contributed by atoms with Crippen LogP contribution in [0.2, 0.25) is 5.02 Å². The number of aromatic nitrogens is 1. The van der Waals surface area contributed by atoms with Gasteiger partial charge in [-0.2, -0.15) is 0 Å². The third-order valence-corrected chi connectivity index (χ3v) is 3.79. The van der Waals surface area contributed by atoms with Crippen LogP contribution in [0.3, 0.4) is 0 Å². The Hall–Kier alpha value is -1.29. The van der Waals surface area contributed by atoms with Crippen molar-refractivity contribution in [3.63, 3.8) is 0 Å². The summed E-state index contributed by atoms with van der Waals surface area (Å²) in [6, 6.07) is 3.91. The number of carbonyl (C=O) groups is 1. The van der Waals surface area contributed by atoms with E-state index in [-0.39, 0.29) is 11.9 Å². The van der Waals surface area contributed by atoms with Crippen molar-refractivity contribution in [1.29, 1.82) is 0 Å². The molecule has 1 saturated heterocycles. The highest BCUT2D eigenvalue weighted by Crippen LogP contribution is 2.30. The molecule has 1 aliphatic carbocycles. The zero-order chi connectivity index (χ0) is 12.5. The molecular formula is C13H16ClN3O. The molecule has 2 heterocycles. The molecule has 1 aliphatic heterocycles. The van der Waals surface area contributed by atoms with E-state index in [1.54, 1.807) is 12.3 Å². The fourth-order valence-electron chi connectivity index (χ4n) is 2.41. The van der Waals surface area contributed by atoms with Crippen molar-refractivity contribution in [2.24, 2.45) is 0 Å². The highest BCUT2D eigenvalue weighted by atomic mass is 35.5. The molecule has 1 aromatic heterocycles. The molecule has 1 amide bonds. The van der Waals surface area contributed by atoms with E-state index in [4.69, 9.17) is 11.6 Å². The topological polar surface area (TPSA) is 45.2 Å². The lowest BCUT2D eigenvalue weighted by atomic mass is 10.2. The quantitative estimate of drug-likeness (QED) is 0.909. The van der Waals surface area contributed by atoms with E-state index in [9.17, 15) is 4.79 Å². The van der Waals surface area contributed by atoms with Gasteiger partial charge < -0.3 is 10.2 Å². The Labute approximate surface area is 111 Å². The van der Waals surface area contributed by atoms with Gasteiger partial charge in [-0.05, 0) is 37.8 Å². The molecule has 1 saturated carbocycles. The number of carbonyl (C=O) groups excluding carboxylic acids is 1. The molecule has 18 heavy (non-hydrogen) atoms. The summed E-state index contributed by atoms with van der Waals surface area (Å²) in [6.07, 6.45) is 5.84. The van der Waals surface area contributed by atoms with E-state index < -0.39 is 0 Å². The molecule has 1 unspecified atom stereocenters. The number of amides is 1. The number of pyridine rings is 1.